The van der Waals surface area contributed by atoms with Gasteiger partial charge in [0.25, 0.3) is 11.1 Å². The number of imide groups is 1. The Labute approximate surface area is 209 Å². The highest BCUT2D eigenvalue weighted by atomic mass is 35.5. The van der Waals surface area contributed by atoms with E-state index in [0.717, 1.165) is 30.7 Å². The van der Waals surface area contributed by atoms with E-state index in [1.54, 1.807) is 24.3 Å². The summed E-state index contributed by atoms with van der Waals surface area (Å²) in [6.07, 6.45) is -1.30. The van der Waals surface area contributed by atoms with Gasteiger partial charge in [-0.1, -0.05) is 23.7 Å². The summed E-state index contributed by atoms with van der Waals surface area (Å²) in [7, 11) is 0. The summed E-state index contributed by atoms with van der Waals surface area (Å²) in [5.41, 5.74) is 12.8. The predicted molar refractivity (Wildman–Crippen MR) is 131 cm³/mol. The van der Waals surface area contributed by atoms with Gasteiger partial charge in [-0.3, -0.25) is 14.5 Å². The Morgan fingerprint density at radius 3 is 2.54 bits per heavy atom. The Balaban J connectivity index is 1.48. The second-order valence-electron chi connectivity index (χ2n) is 8.66. The van der Waals surface area contributed by atoms with Crippen molar-refractivity contribution in [3.05, 3.63) is 68.6 Å². The Hall–Kier alpha value is -2.53. The SMILES string of the molecule is NCc1cc(C=C2SC(=O)N(CC3CC(N)C3)C2=O)ccc1NCc1ccc(Cl)cc1C(F)(F)F. The molecule has 1 aliphatic heterocycles. The summed E-state index contributed by atoms with van der Waals surface area (Å²) >= 11 is 6.63. The van der Waals surface area contributed by atoms with Crippen LogP contribution in [0.2, 0.25) is 5.02 Å². The highest BCUT2D eigenvalue weighted by Gasteiger charge is 2.39. The Morgan fingerprint density at radius 2 is 1.89 bits per heavy atom. The smallest absolute Gasteiger partial charge is 0.381 e. The number of amides is 2. The van der Waals surface area contributed by atoms with Gasteiger partial charge in [-0.05, 0) is 77.6 Å². The van der Waals surface area contributed by atoms with Crippen LogP contribution >= 0.6 is 23.4 Å². The van der Waals surface area contributed by atoms with E-state index < -0.39 is 11.7 Å². The molecule has 0 radical (unpaired) electrons. The monoisotopic (exact) mass is 524 g/mol. The number of alkyl halides is 3. The summed E-state index contributed by atoms with van der Waals surface area (Å²) in [5.74, 6) is -0.0926. The lowest BCUT2D eigenvalue weighted by Crippen LogP contribution is -2.44. The Kier molecular flexibility index (Phi) is 7.46. The quantitative estimate of drug-likeness (QED) is 0.430. The van der Waals surface area contributed by atoms with E-state index >= 15 is 0 Å². The van der Waals surface area contributed by atoms with E-state index in [1.807, 2.05) is 0 Å². The molecule has 2 aromatic carbocycles. The van der Waals surface area contributed by atoms with Gasteiger partial charge in [0.2, 0.25) is 0 Å². The number of carbonyl (C=O) groups excluding carboxylic acids is 2. The van der Waals surface area contributed by atoms with E-state index in [-0.39, 0.29) is 46.8 Å². The van der Waals surface area contributed by atoms with Gasteiger partial charge < -0.3 is 16.8 Å². The maximum atomic E-state index is 13.4. The van der Waals surface area contributed by atoms with Crippen molar-refractivity contribution in [3.8, 4) is 0 Å². The van der Waals surface area contributed by atoms with Gasteiger partial charge in [-0.2, -0.15) is 13.2 Å². The molecule has 0 bridgehead atoms. The van der Waals surface area contributed by atoms with E-state index in [9.17, 15) is 22.8 Å². The fourth-order valence-electron chi connectivity index (χ4n) is 4.21. The molecular formula is C24H24ClF3N4O2S. The number of benzene rings is 2. The number of hydrogen-bond acceptors (Lipinski definition) is 6. The van der Waals surface area contributed by atoms with Crippen LogP contribution in [0, 0.1) is 5.92 Å². The van der Waals surface area contributed by atoms with Crippen LogP contribution in [0.4, 0.5) is 23.7 Å². The predicted octanol–water partition coefficient (Wildman–Crippen LogP) is 5.20. The third-order valence-electron chi connectivity index (χ3n) is 6.08. The summed E-state index contributed by atoms with van der Waals surface area (Å²) < 4.78 is 40.1. The van der Waals surface area contributed by atoms with Crippen LogP contribution in [-0.4, -0.2) is 28.6 Å². The van der Waals surface area contributed by atoms with E-state index in [0.29, 0.717) is 28.3 Å². The molecule has 186 valence electrons. The van der Waals surface area contributed by atoms with Gasteiger partial charge in [0, 0.05) is 36.4 Å². The molecule has 1 saturated heterocycles. The van der Waals surface area contributed by atoms with Crippen molar-refractivity contribution in [2.75, 3.05) is 11.9 Å². The standard InChI is InChI=1S/C24H24ClF3N4O2S/c25-17-3-2-15(19(9-17)24(26,27)28)11-31-20-4-1-13(5-16(20)10-29)8-21-22(33)32(23(34)35-21)12-14-6-18(30)7-14/h1-5,8-9,14,18,31H,6-7,10-12,29-30H2. The van der Waals surface area contributed by atoms with Crippen LogP contribution in [0.15, 0.2) is 41.3 Å². The summed E-state index contributed by atoms with van der Waals surface area (Å²) in [5, 5.41) is 2.71. The Bertz CT molecular complexity index is 1180. The lowest BCUT2D eigenvalue weighted by atomic mass is 9.80. The van der Waals surface area contributed by atoms with Crippen molar-refractivity contribution < 1.29 is 22.8 Å². The lowest BCUT2D eigenvalue weighted by molar-refractivity contribution is -0.138. The number of nitrogens with zero attached hydrogens (tertiary/aromatic N) is 1. The molecule has 2 aromatic rings. The van der Waals surface area contributed by atoms with E-state index in [2.05, 4.69) is 5.32 Å². The number of carbonyl (C=O) groups is 2. The first-order chi connectivity index (χ1) is 16.5. The summed E-state index contributed by atoms with van der Waals surface area (Å²) in [6, 6.07) is 8.93. The van der Waals surface area contributed by atoms with Crippen molar-refractivity contribution in [3.63, 3.8) is 0 Å². The fraction of sp³-hybridized carbons (Fsp3) is 0.333. The molecule has 1 aliphatic carbocycles. The van der Waals surface area contributed by atoms with Gasteiger partial charge in [0.05, 0.1) is 10.5 Å². The minimum Gasteiger partial charge on any atom is -0.381 e. The number of hydrogen-bond donors (Lipinski definition) is 3. The third-order valence-corrected chi connectivity index (χ3v) is 7.22. The zero-order chi connectivity index (χ0) is 25.3. The number of nitrogens with two attached hydrogens (primary N) is 2. The molecule has 2 amide bonds. The van der Waals surface area contributed by atoms with Crippen molar-refractivity contribution >= 4 is 46.3 Å². The summed E-state index contributed by atoms with van der Waals surface area (Å²) in [6.45, 7) is 0.416. The topological polar surface area (TPSA) is 101 Å². The first-order valence-electron chi connectivity index (χ1n) is 11.0. The van der Waals surface area contributed by atoms with Gasteiger partial charge in [-0.15, -0.1) is 0 Å². The minimum absolute atomic E-state index is 0.00810. The van der Waals surface area contributed by atoms with Gasteiger partial charge >= 0.3 is 6.18 Å². The largest absolute Gasteiger partial charge is 0.416 e. The van der Waals surface area contributed by atoms with Crippen molar-refractivity contribution in [2.24, 2.45) is 17.4 Å². The number of thioether (sulfide) groups is 1. The average molecular weight is 525 g/mol. The zero-order valence-corrected chi connectivity index (χ0v) is 20.1. The first kappa shape index (κ1) is 25.6. The van der Waals surface area contributed by atoms with Crippen LogP contribution < -0.4 is 16.8 Å². The molecule has 0 unspecified atom stereocenters. The molecule has 35 heavy (non-hydrogen) atoms. The second kappa shape index (κ2) is 10.2. The zero-order valence-electron chi connectivity index (χ0n) is 18.6. The normalized spacial score (nSPS) is 21.5. The molecule has 2 aliphatic rings. The molecule has 0 aromatic heterocycles. The van der Waals surface area contributed by atoms with E-state index in [1.165, 1.54) is 17.0 Å². The maximum absolute atomic E-state index is 13.4. The number of rotatable bonds is 7. The van der Waals surface area contributed by atoms with Crippen LogP contribution in [0.5, 0.6) is 0 Å². The number of halogens is 4. The molecule has 11 heteroatoms. The molecule has 1 heterocycles. The number of nitrogens with one attached hydrogen (secondary N) is 1. The molecule has 2 fully saturated rings. The second-order valence-corrected chi connectivity index (χ2v) is 10.1. The van der Waals surface area contributed by atoms with E-state index in [4.69, 9.17) is 23.1 Å². The van der Waals surface area contributed by atoms with Crippen molar-refractivity contribution in [1.29, 1.82) is 0 Å². The summed E-state index contributed by atoms with van der Waals surface area (Å²) in [4.78, 5) is 26.7. The molecule has 1 saturated carbocycles. The maximum Gasteiger partial charge on any atom is 0.416 e. The lowest BCUT2D eigenvalue weighted by Gasteiger charge is -2.34. The molecule has 0 atom stereocenters. The number of anilines is 1. The highest BCUT2D eigenvalue weighted by molar-refractivity contribution is 8.18. The first-order valence-corrected chi connectivity index (χ1v) is 12.2. The van der Waals surface area contributed by atoms with Crippen molar-refractivity contribution in [2.45, 2.75) is 38.1 Å². The molecule has 0 spiro atoms. The molecular weight excluding hydrogens is 501 g/mol. The van der Waals surface area contributed by atoms with Crippen LogP contribution in [0.3, 0.4) is 0 Å². The molecule has 4 rings (SSSR count). The molecule has 5 N–H and O–H groups in total. The van der Waals surface area contributed by atoms with Gasteiger partial charge in [0.1, 0.15) is 0 Å². The van der Waals surface area contributed by atoms with Crippen LogP contribution in [-0.2, 0) is 24.1 Å². The highest BCUT2D eigenvalue weighted by Crippen LogP contribution is 2.37. The van der Waals surface area contributed by atoms with Crippen LogP contribution in [0.1, 0.15) is 35.1 Å². The minimum atomic E-state index is -4.53. The van der Waals surface area contributed by atoms with Gasteiger partial charge in [0.15, 0.2) is 0 Å². The fourth-order valence-corrected chi connectivity index (χ4v) is 5.23. The third kappa shape index (κ3) is 5.83. The molecule has 6 nitrogen and oxygen atoms in total. The van der Waals surface area contributed by atoms with Gasteiger partial charge in [-0.25, -0.2) is 0 Å². The van der Waals surface area contributed by atoms with Crippen LogP contribution in [0.25, 0.3) is 6.08 Å². The Morgan fingerprint density at radius 1 is 1.14 bits per heavy atom. The van der Waals surface area contributed by atoms with Crippen molar-refractivity contribution in [1.82, 2.24) is 4.90 Å². The average Bonchev–Trinajstić information content (AvgIpc) is 3.04.